The molecule has 1 aromatic heterocycles. The van der Waals surface area contributed by atoms with Crippen LogP contribution in [0.15, 0.2) is 66.9 Å². The molecule has 0 saturated heterocycles. The van der Waals surface area contributed by atoms with Gasteiger partial charge in [-0.3, -0.25) is 19.6 Å². The van der Waals surface area contributed by atoms with Gasteiger partial charge in [-0.05, 0) is 60.4 Å². The smallest absolute Gasteiger partial charge is 0.321 e. The van der Waals surface area contributed by atoms with Gasteiger partial charge in [0.2, 0.25) is 6.41 Å². The van der Waals surface area contributed by atoms with Gasteiger partial charge in [-0.25, -0.2) is 4.79 Å². The van der Waals surface area contributed by atoms with Crippen molar-refractivity contribution in [3.05, 3.63) is 83.6 Å². The number of fused-ring (bicyclic) bond motifs is 2. The largest absolute Gasteiger partial charge is 0.497 e. The fourth-order valence-corrected chi connectivity index (χ4v) is 4.72. The van der Waals surface area contributed by atoms with Crippen LogP contribution in [-0.2, 0) is 11.3 Å². The molecule has 0 radical (unpaired) electrons. The molecule has 0 aliphatic carbocycles. The maximum atomic E-state index is 13.1. The first kappa shape index (κ1) is 25.0. The van der Waals surface area contributed by atoms with Crippen molar-refractivity contribution in [2.75, 3.05) is 13.7 Å². The second-order valence-electron chi connectivity index (χ2n) is 9.60. The van der Waals surface area contributed by atoms with Crippen molar-refractivity contribution >= 4 is 29.3 Å². The van der Waals surface area contributed by atoms with Gasteiger partial charge in [0.1, 0.15) is 5.75 Å². The summed E-state index contributed by atoms with van der Waals surface area (Å²) in [4.78, 5) is 37.9. The molecule has 0 spiro atoms. The molecule has 5 rings (SSSR count). The third-order valence-electron chi connectivity index (χ3n) is 6.79. The number of urea groups is 1. The Morgan fingerprint density at radius 1 is 1.08 bits per heavy atom. The van der Waals surface area contributed by atoms with Crippen LogP contribution in [0.25, 0.3) is 22.0 Å². The summed E-state index contributed by atoms with van der Waals surface area (Å²) in [5.41, 5.74) is 5.31. The summed E-state index contributed by atoms with van der Waals surface area (Å²) < 4.78 is 7.21. The lowest BCUT2D eigenvalue weighted by Gasteiger charge is -2.25. The number of carbonyl (C=O) groups is 3. The van der Waals surface area contributed by atoms with Crippen molar-refractivity contribution in [3.63, 3.8) is 0 Å². The first-order valence-electron chi connectivity index (χ1n) is 12.4. The van der Waals surface area contributed by atoms with Crippen LogP contribution in [0.2, 0.25) is 0 Å². The number of benzene rings is 3. The second-order valence-corrected chi connectivity index (χ2v) is 9.60. The number of nitrogens with zero attached hydrogens (tertiary/aromatic N) is 3. The zero-order valence-electron chi connectivity index (χ0n) is 21.5. The maximum Gasteiger partial charge on any atom is 0.321 e. The summed E-state index contributed by atoms with van der Waals surface area (Å²) in [6.45, 7) is 4.85. The summed E-state index contributed by atoms with van der Waals surface area (Å²) in [5.74, 6) is 0.484. The average molecular weight is 512 g/mol. The Balaban J connectivity index is 1.39. The summed E-state index contributed by atoms with van der Waals surface area (Å²) in [5, 5.41) is 10.6. The predicted molar refractivity (Wildman–Crippen MR) is 144 cm³/mol. The number of rotatable bonds is 8. The molecule has 0 fully saturated rings. The Kier molecular flexibility index (Phi) is 6.83. The topological polar surface area (TPSA) is 106 Å². The van der Waals surface area contributed by atoms with Crippen LogP contribution in [0.4, 0.5) is 4.79 Å². The van der Waals surface area contributed by atoms with Crippen molar-refractivity contribution < 1.29 is 19.1 Å². The van der Waals surface area contributed by atoms with Crippen LogP contribution in [0.5, 0.6) is 5.75 Å². The molecule has 38 heavy (non-hydrogen) atoms. The molecule has 9 heteroatoms. The number of amides is 4. The molecule has 3 aromatic carbocycles. The molecule has 1 aliphatic rings. The molecule has 9 nitrogen and oxygen atoms in total. The van der Waals surface area contributed by atoms with Crippen molar-refractivity contribution in [2.24, 2.45) is 0 Å². The molecule has 194 valence electrons. The number of methoxy groups -OCH3 is 1. The van der Waals surface area contributed by atoms with Gasteiger partial charge in [0.15, 0.2) is 0 Å². The summed E-state index contributed by atoms with van der Waals surface area (Å²) >= 11 is 0. The lowest BCUT2D eigenvalue weighted by molar-refractivity contribution is -0.108. The molecule has 0 saturated carbocycles. The number of ether oxygens (including phenoxy) is 1. The lowest BCUT2D eigenvalue weighted by atomic mass is 9.99. The summed E-state index contributed by atoms with van der Waals surface area (Å²) in [6, 6.07) is 18.5. The minimum absolute atomic E-state index is 0.131. The minimum atomic E-state index is -0.632. The van der Waals surface area contributed by atoms with Crippen LogP contribution in [0, 0.1) is 0 Å². The van der Waals surface area contributed by atoms with Crippen molar-refractivity contribution in [3.8, 4) is 16.9 Å². The Bertz CT molecular complexity index is 1510. The van der Waals surface area contributed by atoms with Crippen LogP contribution in [0.3, 0.4) is 0 Å². The van der Waals surface area contributed by atoms with E-state index < -0.39 is 12.1 Å². The summed E-state index contributed by atoms with van der Waals surface area (Å²) in [7, 11) is 1.56. The Labute approximate surface area is 220 Å². The maximum absolute atomic E-state index is 13.1. The average Bonchev–Trinajstić information content (AvgIpc) is 3.49. The van der Waals surface area contributed by atoms with E-state index in [1.54, 1.807) is 18.1 Å². The van der Waals surface area contributed by atoms with E-state index in [0.29, 0.717) is 24.3 Å². The molecule has 1 atom stereocenters. The van der Waals surface area contributed by atoms with E-state index in [9.17, 15) is 14.4 Å². The normalized spacial score (nSPS) is 13.5. The van der Waals surface area contributed by atoms with Gasteiger partial charge in [-0.15, -0.1) is 0 Å². The van der Waals surface area contributed by atoms with Crippen LogP contribution in [0.1, 0.15) is 47.4 Å². The van der Waals surface area contributed by atoms with E-state index in [1.807, 2.05) is 59.4 Å². The van der Waals surface area contributed by atoms with Crippen LogP contribution in [-0.4, -0.2) is 46.7 Å². The van der Waals surface area contributed by atoms with Crippen LogP contribution >= 0.6 is 0 Å². The second kappa shape index (κ2) is 10.4. The fraction of sp³-hybridized carbons (Fsp3) is 0.241. The number of carbonyl (C=O) groups excluding carboxylic acids is 3. The van der Waals surface area contributed by atoms with E-state index >= 15 is 0 Å². The van der Waals surface area contributed by atoms with E-state index in [4.69, 9.17) is 4.74 Å². The van der Waals surface area contributed by atoms with Gasteiger partial charge in [-0.1, -0.05) is 36.4 Å². The molecule has 2 heterocycles. The Morgan fingerprint density at radius 3 is 2.55 bits per heavy atom. The first-order valence-corrected chi connectivity index (χ1v) is 12.4. The highest BCUT2D eigenvalue weighted by Gasteiger charge is 2.30. The van der Waals surface area contributed by atoms with Crippen molar-refractivity contribution in [1.29, 1.82) is 0 Å². The van der Waals surface area contributed by atoms with Gasteiger partial charge in [0.25, 0.3) is 5.91 Å². The van der Waals surface area contributed by atoms with E-state index in [2.05, 4.69) is 35.6 Å². The van der Waals surface area contributed by atoms with Crippen LogP contribution < -0.4 is 15.4 Å². The van der Waals surface area contributed by atoms with Crippen molar-refractivity contribution in [2.45, 2.75) is 32.5 Å². The Hall–Kier alpha value is -4.66. The standard InChI is InChI=1S/C29H29N5O4/c1-18(2)34-15-23-12-21(9-11-26(23)32-34)19-4-6-20(7-5-19)27(31-29(37)30-17-35)16-33-14-22-8-10-24(38-3)13-25(22)28(33)36/h4-13,15,17-18,27H,14,16H2,1-3H3,(H2,30,31,35,37)/t27-/m0/s1. The quantitative estimate of drug-likeness (QED) is 0.340. The number of imide groups is 1. The third-order valence-corrected chi connectivity index (χ3v) is 6.79. The third kappa shape index (κ3) is 4.95. The highest BCUT2D eigenvalue weighted by Crippen LogP contribution is 2.30. The zero-order chi connectivity index (χ0) is 26.8. The molecule has 2 N–H and O–H groups in total. The van der Waals surface area contributed by atoms with Crippen molar-refractivity contribution in [1.82, 2.24) is 25.3 Å². The van der Waals surface area contributed by atoms with E-state index in [1.165, 1.54) is 0 Å². The molecular weight excluding hydrogens is 482 g/mol. The number of aromatic nitrogens is 2. The van der Waals surface area contributed by atoms with E-state index in [-0.39, 0.29) is 18.5 Å². The van der Waals surface area contributed by atoms with Gasteiger partial charge >= 0.3 is 6.03 Å². The first-order chi connectivity index (χ1) is 18.4. The van der Waals surface area contributed by atoms with Gasteiger partial charge < -0.3 is 15.0 Å². The van der Waals surface area contributed by atoms with Gasteiger partial charge in [-0.2, -0.15) is 5.10 Å². The molecule has 0 bridgehead atoms. The molecule has 0 unspecified atom stereocenters. The SMILES string of the molecule is COc1ccc2c(c1)C(=O)N(C[C@H](NC(=O)NC=O)c1ccc(-c3ccc4nn(C(C)C)cc4c3)cc1)C2. The highest BCUT2D eigenvalue weighted by molar-refractivity contribution is 5.98. The monoisotopic (exact) mass is 511 g/mol. The fourth-order valence-electron chi connectivity index (χ4n) is 4.72. The van der Waals surface area contributed by atoms with Gasteiger partial charge in [0, 0.05) is 36.3 Å². The minimum Gasteiger partial charge on any atom is -0.497 e. The number of hydrogen-bond acceptors (Lipinski definition) is 5. The molecule has 4 amide bonds. The van der Waals surface area contributed by atoms with E-state index in [0.717, 1.165) is 33.2 Å². The Morgan fingerprint density at radius 2 is 1.84 bits per heavy atom. The summed E-state index contributed by atoms with van der Waals surface area (Å²) in [6.07, 6.45) is 2.38. The molecular formula is C29H29N5O4. The number of nitrogens with one attached hydrogen (secondary N) is 2. The zero-order valence-corrected chi connectivity index (χ0v) is 21.5. The lowest BCUT2D eigenvalue weighted by Crippen LogP contribution is -2.42. The van der Waals surface area contributed by atoms with Gasteiger partial charge in [0.05, 0.1) is 18.7 Å². The highest BCUT2D eigenvalue weighted by atomic mass is 16.5. The predicted octanol–water partition coefficient (Wildman–Crippen LogP) is 4.45. The number of hydrogen-bond donors (Lipinski definition) is 2. The molecule has 1 aliphatic heterocycles. The molecule has 4 aromatic rings.